The van der Waals surface area contributed by atoms with Gasteiger partial charge in [0.15, 0.2) is 5.92 Å². The number of benzene rings is 1. The molecule has 5 heteroatoms. The largest absolute Gasteiger partial charge is 0.468 e. The van der Waals surface area contributed by atoms with Crippen molar-refractivity contribution in [2.45, 2.75) is 6.42 Å². The van der Waals surface area contributed by atoms with Gasteiger partial charge in [-0.05, 0) is 12.1 Å². The predicted molar refractivity (Wildman–Crippen MR) is 67.4 cm³/mol. The molecule has 0 saturated heterocycles. The van der Waals surface area contributed by atoms with E-state index in [-0.39, 0.29) is 6.42 Å². The monoisotopic (exact) mass is 262 g/mol. The van der Waals surface area contributed by atoms with Gasteiger partial charge in [-0.2, -0.15) is 0 Å². The second-order valence-corrected chi connectivity index (χ2v) is 4.05. The summed E-state index contributed by atoms with van der Waals surface area (Å²) in [6.45, 7) is 0. The molecule has 1 heterocycles. The first-order valence-corrected chi connectivity index (χ1v) is 5.79. The van der Waals surface area contributed by atoms with Crippen LogP contribution in [-0.2, 0) is 25.5 Å². The van der Waals surface area contributed by atoms with Crippen LogP contribution in [0.2, 0.25) is 0 Å². The van der Waals surface area contributed by atoms with Crippen LogP contribution in [0.3, 0.4) is 0 Å². The molecule has 0 atom stereocenters. The van der Waals surface area contributed by atoms with Crippen LogP contribution < -0.4 is 0 Å². The van der Waals surface area contributed by atoms with Gasteiger partial charge in [0.25, 0.3) is 0 Å². The molecule has 0 amide bonds. The Labute approximate surface area is 110 Å². The van der Waals surface area contributed by atoms with Crippen LogP contribution in [0.5, 0.6) is 0 Å². The van der Waals surface area contributed by atoms with E-state index in [1.807, 2.05) is 24.3 Å². The normalized spacial score (nSPS) is 10.7. The molecule has 2 aromatic rings. The fourth-order valence-corrected chi connectivity index (χ4v) is 1.89. The summed E-state index contributed by atoms with van der Waals surface area (Å²) in [4.78, 5) is 23.1. The highest BCUT2D eigenvalue weighted by molar-refractivity contribution is 5.95. The number of carbonyl (C=O) groups excluding carboxylic acids is 2. The number of fused-ring (bicyclic) bond motifs is 1. The number of hydrogen-bond donors (Lipinski definition) is 0. The van der Waals surface area contributed by atoms with E-state index in [0.717, 1.165) is 5.39 Å². The van der Waals surface area contributed by atoms with Gasteiger partial charge in [-0.25, -0.2) is 0 Å². The molecule has 19 heavy (non-hydrogen) atoms. The van der Waals surface area contributed by atoms with Crippen LogP contribution in [0.25, 0.3) is 11.0 Å². The van der Waals surface area contributed by atoms with Crippen LogP contribution in [0.4, 0.5) is 0 Å². The van der Waals surface area contributed by atoms with E-state index in [2.05, 4.69) is 9.47 Å². The Hall–Kier alpha value is -2.30. The Balaban J connectivity index is 2.25. The number of carbonyl (C=O) groups is 2. The van der Waals surface area contributed by atoms with Crippen molar-refractivity contribution in [1.82, 2.24) is 0 Å². The smallest absolute Gasteiger partial charge is 0.320 e. The van der Waals surface area contributed by atoms with Gasteiger partial charge < -0.3 is 13.9 Å². The average Bonchev–Trinajstić information content (AvgIpc) is 2.85. The van der Waals surface area contributed by atoms with E-state index in [4.69, 9.17) is 4.42 Å². The first-order chi connectivity index (χ1) is 9.15. The quantitative estimate of drug-likeness (QED) is 0.622. The van der Waals surface area contributed by atoms with Crippen molar-refractivity contribution in [2.75, 3.05) is 14.2 Å². The molecule has 0 unspecified atom stereocenters. The molecule has 0 aliphatic heterocycles. The van der Waals surface area contributed by atoms with Crippen LogP contribution in [0, 0.1) is 5.92 Å². The zero-order chi connectivity index (χ0) is 13.8. The summed E-state index contributed by atoms with van der Waals surface area (Å²) in [7, 11) is 2.47. The minimum atomic E-state index is -1.00. The van der Waals surface area contributed by atoms with Crippen molar-refractivity contribution >= 4 is 22.9 Å². The van der Waals surface area contributed by atoms with E-state index in [0.29, 0.717) is 11.3 Å². The van der Waals surface area contributed by atoms with E-state index >= 15 is 0 Å². The number of hydrogen-bond acceptors (Lipinski definition) is 5. The van der Waals surface area contributed by atoms with Gasteiger partial charge in [0.2, 0.25) is 0 Å². The summed E-state index contributed by atoms with van der Waals surface area (Å²) in [5.41, 5.74) is 0.714. The molecular formula is C14H14O5. The van der Waals surface area contributed by atoms with Crippen LogP contribution in [-0.4, -0.2) is 26.2 Å². The maximum absolute atomic E-state index is 11.6. The third-order valence-electron chi connectivity index (χ3n) is 2.85. The van der Waals surface area contributed by atoms with Crippen LogP contribution >= 0.6 is 0 Å². The molecule has 5 nitrogen and oxygen atoms in total. The fourth-order valence-electron chi connectivity index (χ4n) is 1.89. The molecule has 0 spiro atoms. The summed E-state index contributed by atoms with van der Waals surface area (Å²) in [5.74, 6) is -1.72. The number of methoxy groups -OCH3 is 2. The van der Waals surface area contributed by atoms with Crippen molar-refractivity contribution in [3.05, 3.63) is 36.1 Å². The molecule has 0 saturated carbocycles. The summed E-state index contributed by atoms with van der Waals surface area (Å²) < 4.78 is 14.8. The molecule has 0 aliphatic rings. The maximum Gasteiger partial charge on any atom is 0.320 e. The van der Waals surface area contributed by atoms with Gasteiger partial charge in [-0.1, -0.05) is 18.2 Å². The minimum Gasteiger partial charge on any atom is -0.468 e. The first-order valence-electron chi connectivity index (χ1n) is 5.79. The van der Waals surface area contributed by atoms with Gasteiger partial charge >= 0.3 is 11.9 Å². The second kappa shape index (κ2) is 5.56. The zero-order valence-electron chi connectivity index (χ0n) is 10.7. The Kier molecular flexibility index (Phi) is 3.85. The minimum absolute atomic E-state index is 0.119. The highest BCUT2D eigenvalue weighted by Crippen LogP contribution is 2.22. The van der Waals surface area contributed by atoms with E-state index < -0.39 is 17.9 Å². The number of para-hydroxylation sites is 1. The molecule has 1 aromatic carbocycles. The van der Waals surface area contributed by atoms with Crippen molar-refractivity contribution < 1.29 is 23.5 Å². The van der Waals surface area contributed by atoms with Crippen LogP contribution in [0.1, 0.15) is 5.76 Å². The second-order valence-electron chi connectivity index (χ2n) is 4.05. The molecule has 0 N–H and O–H groups in total. The van der Waals surface area contributed by atoms with Gasteiger partial charge in [-0.3, -0.25) is 9.59 Å². The molecule has 0 aliphatic carbocycles. The van der Waals surface area contributed by atoms with E-state index in [1.54, 1.807) is 6.07 Å². The standard InChI is InChI=1S/C14H14O5/c1-17-13(15)11(14(16)18-2)8-10-7-9-5-3-4-6-12(9)19-10/h3-7,11H,8H2,1-2H3. The highest BCUT2D eigenvalue weighted by Gasteiger charge is 2.30. The predicted octanol–water partition coefficient (Wildman–Crippen LogP) is 1.94. The van der Waals surface area contributed by atoms with Crippen LogP contribution in [0.15, 0.2) is 34.7 Å². The zero-order valence-corrected chi connectivity index (χ0v) is 10.7. The third-order valence-corrected chi connectivity index (χ3v) is 2.85. The molecular weight excluding hydrogens is 248 g/mol. The van der Waals surface area contributed by atoms with Gasteiger partial charge in [0, 0.05) is 11.8 Å². The summed E-state index contributed by atoms with van der Waals surface area (Å²) in [5, 5.41) is 0.922. The van der Waals surface area contributed by atoms with Crippen molar-refractivity contribution in [1.29, 1.82) is 0 Å². The molecule has 2 rings (SSSR count). The molecule has 0 bridgehead atoms. The first kappa shape index (κ1) is 13.1. The van der Waals surface area contributed by atoms with Gasteiger partial charge in [-0.15, -0.1) is 0 Å². The van der Waals surface area contributed by atoms with E-state index in [9.17, 15) is 9.59 Å². The summed E-state index contributed by atoms with van der Waals surface area (Å²) in [6.07, 6.45) is 0.119. The Morgan fingerprint density at radius 3 is 2.37 bits per heavy atom. The lowest BCUT2D eigenvalue weighted by Gasteiger charge is -2.10. The lowest BCUT2D eigenvalue weighted by Crippen LogP contribution is -2.28. The number of rotatable bonds is 4. The van der Waals surface area contributed by atoms with E-state index in [1.165, 1.54) is 14.2 Å². The Bertz CT molecular complexity index is 550. The highest BCUT2D eigenvalue weighted by atomic mass is 16.5. The molecule has 0 radical (unpaired) electrons. The lowest BCUT2D eigenvalue weighted by atomic mass is 10.0. The molecule has 100 valence electrons. The fraction of sp³-hybridized carbons (Fsp3) is 0.286. The van der Waals surface area contributed by atoms with Crippen molar-refractivity contribution in [3.8, 4) is 0 Å². The topological polar surface area (TPSA) is 65.7 Å². The molecule has 0 fully saturated rings. The average molecular weight is 262 g/mol. The Morgan fingerprint density at radius 2 is 1.79 bits per heavy atom. The Morgan fingerprint density at radius 1 is 1.16 bits per heavy atom. The maximum atomic E-state index is 11.6. The van der Waals surface area contributed by atoms with Gasteiger partial charge in [0.1, 0.15) is 11.3 Å². The SMILES string of the molecule is COC(=O)C(Cc1cc2ccccc2o1)C(=O)OC. The number of ether oxygens (including phenoxy) is 2. The number of esters is 2. The number of furan rings is 1. The van der Waals surface area contributed by atoms with Gasteiger partial charge in [0.05, 0.1) is 14.2 Å². The summed E-state index contributed by atoms with van der Waals surface area (Å²) in [6, 6.07) is 9.26. The molecule has 1 aromatic heterocycles. The summed E-state index contributed by atoms with van der Waals surface area (Å²) >= 11 is 0. The third kappa shape index (κ3) is 2.76. The van der Waals surface area contributed by atoms with Crippen molar-refractivity contribution in [3.63, 3.8) is 0 Å². The van der Waals surface area contributed by atoms with Crippen molar-refractivity contribution in [2.24, 2.45) is 5.92 Å². The lowest BCUT2D eigenvalue weighted by molar-refractivity contribution is -0.158.